The second-order valence-corrected chi connectivity index (χ2v) is 5.00. The summed E-state index contributed by atoms with van der Waals surface area (Å²) >= 11 is 0. The lowest BCUT2D eigenvalue weighted by Crippen LogP contribution is -2.18. The molecule has 3 aromatic rings. The highest BCUT2D eigenvalue weighted by Gasteiger charge is 2.06. The van der Waals surface area contributed by atoms with Crippen LogP contribution in [0.5, 0.6) is 0 Å². The number of nitrogens with one attached hydrogen (secondary N) is 1. The molecule has 0 bridgehead atoms. The average molecular weight is 281 g/mol. The van der Waals surface area contributed by atoms with E-state index in [1.165, 1.54) is 5.56 Å². The van der Waals surface area contributed by atoms with E-state index < -0.39 is 5.91 Å². The van der Waals surface area contributed by atoms with Gasteiger partial charge in [0.1, 0.15) is 0 Å². The number of fused-ring (bicyclic) bond motifs is 1. The zero-order valence-corrected chi connectivity index (χ0v) is 11.6. The van der Waals surface area contributed by atoms with E-state index in [0.29, 0.717) is 12.1 Å². The number of hydroxylamine groups is 1. The summed E-state index contributed by atoms with van der Waals surface area (Å²) in [7, 11) is 0. The second-order valence-electron chi connectivity index (χ2n) is 5.00. The van der Waals surface area contributed by atoms with Crippen LogP contribution in [0, 0.1) is 6.92 Å². The third kappa shape index (κ3) is 2.64. The van der Waals surface area contributed by atoms with Crippen molar-refractivity contribution in [1.29, 1.82) is 0 Å². The quantitative estimate of drug-likeness (QED) is 0.572. The van der Waals surface area contributed by atoms with Crippen molar-refractivity contribution in [2.24, 2.45) is 0 Å². The standard InChI is InChI=1S/C16H15N3O2/c1-11-2-7-15-14(8-11)17-10-19(15)9-12-3-5-13(6-4-12)16(20)18-21/h2-8,10,21H,9H2,1H3,(H,18,20). The number of nitrogens with zero attached hydrogens (tertiary/aromatic N) is 2. The topological polar surface area (TPSA) is 67.2 Å². The molecule has 0 unspecified atom stereocenters. The molecule has 1 amide bonds. The summed E-state index contributed by atoms with van der Waals surface area (Å²) in [6, 6.07) is 13.3. The maximum absolute atomic E-state index is 11.3. The first-order chi connectivity index (χ1) is 10.2. The first-order valence-electron chi connectivity index (χ1n) is 6.62. The van der Waals surface area contributed by atoms with Gasteiger partial charge in [-0.3, -0.25) is 10.0 Å². The number of hydrogen-bond donors (Lipinski definition) is 2. The minimum Gasteiger partial charge on any atom is -0.326 e. The van der Waals surface area contributed by atoms with Gasteiger partial charge in [-0.1, -0.05) is 18.2 Å². The van der Waals surface area contributed by atoms with Gasteiger partial charge in [-0.05, 0) is 42.3 Å². The second kappa shape index (κ2) is 5.38. The Hall–Kier alpha value is -2.66. The van der Waals surface area contributed by atoms with Crippen molar-refractivity contribution in [3.63, 3.8) is 0 Å². The Morgan fingerprint density at radius 2 is 2.00 bits per heavy atom. The molecule has 0 aliphatic heterocycles. The molecule has 1 heterocycles. The Morgan fingerprint density at radius 1 is 1.24 bits per heavy atom. The Balaban J connectivity index is 1.86. The zero-order valence-electron chi connectivity index (χ0n) is 11.6. The van der Waals surface area contributed by atoms with Crippen LogP contribution in [0.3, 0.4) is 0 Å². The molecule has 21 heavy (non-hydrogen) atoms. The molecule has 0 aliphatic rings. The normalized spacial score (nSPS) is 10.8. The van der Waals surface area contributed by atoms with Crippen molar-refractivity contribution >= 4 is 16.9 Å². The van der Waals surface area contributed by atoms with Crippen LogP contribution in [0.1, 0.15) is 21.5 Å². The molecule has 106 valence electrons. The number of carbonyl (C=O) groups is 1. The van der Waals surface area contributed by atoms with Crippen LogP contribution in [-0.4, -0.2) is 20.7 Å². The number of imidazole rings is 1. The zero-order chi connectivity index (χ0) is 14.8. The Labute approximate surface area is 121 Å². The molecule has 3 rings (SSSR count). The molecule has 2 aromatic carbocycles. The molecule has 0 radical (unpaired) electrons. The molecule has 1 aromatic heterocycles. The summed E-state index contributed by atoms with van der Waals surface area (Å²) in [6.45, 7) is 2.73. The summed E-state index contributed by atoms with van der Waals surface area (Å²) in [5.74, 6) is -0.509. The van der Waals surface area contributed by atoms with Gasteiger partial charge in [-0.15, -0.1) is 0 Å². The first-order valence-corrected chi connectivity index (χ1v) is 6.62. The summed E-state index contributed by atoms with van der Waals surface area (Å²) in [5.41, 5.74) is 6.35. The predicted molar refractivity (Wildman–Crippen MR) is 79.3 cm³/mol. The van der Waals surface area contributed by atoms with Crippen molar-refractivity contribution in [2.45, 2.75) is 13.5 Å². The lowest BCUT2D eigenvalue weighted by molar-refractivity contribution is 0.0706. The van der Waals surface area contributed by atoms with Gasteiger partial charge >= 0.3 is 0 Å². The van der Waals surface area contributed by atoms with Crippen molar-refractivity contribution in [2.75, 3.05) is 0 Å². The monoisotopic (exact) mass is 281 g/mol. The molecule has 5 heteroatoms. The number of carbonyl (C=O) groups excluding carboxylic acids is 1. The molecule has 5 nitrogen and oxygen atoms in total. The van der Waals surface area contributed by atoms with Crippen molar-refractivity contribution in [3.8, 4) is 0 Å². The fourth-order valence-corrected chi connectivity index (χ4v) is 2.32. The highest BCUT2D eigenvalue weighted by molar-refractivity contribution is 5.93. The van der Waals surface area contributed by atoms with E-state index in [0.717, 1.165) is 16.6 Å². The van der Waals surface area contributed by atoms with Gasteiger partial charge < -0.3 is 4.57 Å². The lowest BCUT2D eigenvalue weighted by atomic mass is 10.1. The van der Waals surface area contributed by atoms with Gasteiger partial charge in [0.2, 0.25) is 0 Å². The van der Waals surface area contributed by atoms with Gasteiger partial charge in [-0.2, -0.15) is 0 Å². The third-order valence-electron chi connectivity index (χ3n) is 3.45. The Kier molecular flexibility index (Phi) is 3.41. The molecule has 0 atom stereocenters. The number of amides is 1. The molecular formula is C16H15N3O2. The number of aromatic nitrogens is 2. The molecule has 2 N–H and O–H groups in total. The number of rotatable bonds is 3. The molecule has 0 fully saturated rings. The number of benzene rings is 2. The molecule has 0 saturated carbocycles. The van der Waals surface area contributed by atoms with Gasteiger partial charge in [0.05, 0.1) is 17.4 Å². The molecule has 0 saturated heterocycles. The molecule has 0 aliphatic carbocycles. The van der Waals surface area contributed by atoms with Crippen molar-refractivity contribution in [3.05, 3.63) is 65.5 Å². The summed E-state index contributed by atoms with van der Waals surface area (Å²) < 4.78 is 2.07. The van der Waals surface area contributed by atoms with E-state index in [1.54, 1.807) is 17.6 Å². The summed E-state index contributed by atoms with van der Waals surface area (Å²) in [4.78, 5) is 15.7. The van der Waals surface area contributed by atoms with Crippen LogP contribution in [0.2, 0.25) is 0 Å². The fourth-order valence-electron chi connectivity index (χ4n) is 2.32. The van der Waals surface area contributed by atoms with Gasteiger partial charge in [-0.25, -0.2) is 10.5 Å². The summed E-state index contributed by atoms with van der Waals surface area (Å²) in [5, 5.41) is 8.59. The number of hydrogen-bond acceptors (Lipinski definition) is 3. The highest BCUT2D eigenvalue weighted by Crippen LogP contribution is 2.16. The first kappa shape index (κ1) is 13.3. The van der Waals surface area contributed by atoms with Crippen molar-refractivity contribution in [1.82, 2.24) is 15.0 Å². The molecular weight excluding hydrogens is 266 g/mol. The van der Waals surface area contributed by atoms with E-state index in [2.05, 4.69) is 27.8 Å². The minimum atomic E-state index is -0.509. The van der Waals surface area contributed by atoms with Crippen LogP contribution in [0.4, 0.5) is 0 Å². The maximum Gasteiger partial charge on any atom is 0.274 e. The van der Waals surface area contributed by atoms with Crippen LogP contribution < -0.4 is 5.48 Å². The minimum absolute atomic E-state index is 0.423. The van der Waals surface area contributed by atoms with E-state index in [1.807, 2.05) is 25.4 Å². The SMILES string of the molecule is Cc1ccc2c(c1)ncn2Cc1ccc(C(=O)NO)cc1. The number of aryl methyl sites for hydroxylation is 1. The molecule has 0 spiro atoms. The Morgan fingerprint density at radius 3 is 2.71 bits per heavy atom. The Bertz CT molecular complexity index is 791. The largest absolute Gasteiger partial charge is 0.326 e. The van der Waals surface area contributed by atoms with E-state index in [-0.39, 0.29) is 0 Å². The van der Waals surface area contributed by atoms with Gasteiger partial charge in [0.25, 0.3) is 5.91 Å². The highest BCUT2D eigenvalue weighted by atomic mass is 16.5. The van der Waals surface area contributed by atoms with E-state index in [4.69, 9.17) is 5.21 Å². The van der Waals surface area contributed by atoms with Crippen LogP contribution >= 0.6 is 0 Å². The van der Waals surface area contributed by atoms with Gasteiger partial charge in [0, 0.05) is 12.1 Å². The van der Waals surface area contributed by atoms with Gasteiger partial charge in [0.15, 0.2) is 0 Å². The predicted octanol–water partition coefficient (Wildman–Crippen LogP) is 2.51. The van der Waals surface area contributed by atoms with Crippen molar-refractivity contribution < 1.29 is 10.0 Å². The lowest BCUT2D eigenvalue weighted by Gasteiger charge is -2.06. The average Bonchev–Trinajstić information content (AvgIpc) is 2.89. The van der Waals surface area contributed by atoms with E-state index >= 15 is 0 Å². The summed E-state index contributed by atoms with van der Waals surface area (Å²) in [6.07, 6.45) is 1.82. The van der Waals surface area contributed by atoms with E-state index in [9.17, 15) is 4.79 Å². The fraction of sp³-hybridized carbons (Fsp3) is 0.125. The maximum atomic E-state index is 11.3. The smallest absolute Gasteiger partial charge is 0.274 e. The van der Waals surface area contributed by atoms with Crippen LogP contribution in [0.25, 0.3) is 11.0 Å². The third-order valence-corrected chi connectivity index (χ3v) is 3.45. The van der Waals surface area contributed by atoms with Crippen LogP contribution in [-0.2, 0) is 6.54 Å². The van der Waals surface area contributed by atoms with Crippen LogP contribution in [0.15, 0.2) is 48.8 Å².